The third-order valence-electron chi connectivity index (χ3n) is 5.26. The summed E-state index contributed by atoms with van der Waals surface area (Å²) >= 11 is 0. The summed E-state index contributed by atoms with van der Waals surface area (Å²) in [5, 5.41) is 23.7. The number of hydrogen-bond acceptors (Lipinski definition) is 5. The maximum atomic E-state index is 11.8. The Morgan fingerprint density at radius 1 is 0.645 bits per heavy atom. The molecule has 6 nitrogen and oxygen atoms in total. The molecule has 1 unspecified atom stereocenters. The molecule has 0 radical (unpaired) electrons. The van der Waals surface area contributed by atoms with E-state index in [1.54, 1.807) is 0 Å². The number of aliphatic carboxylic acids is 2. The summed E-state index contributed by atoms with van der Waals surface area (Å²) in [6.45, 7) is 2.25. The zero-order valence-electron chi connectivity index (χ0n) is 20.3. The molecule has 31 heavy (non-hydrogen) atoms. The summed E-state index contributed by atoms with van der Waals surface area (Å²) in [6, 6.07) is -1.27. The Balaban J connectivity index is -0.00000392. The van der Waals surface area contributed by atoms with E-state index >= 15 is 0 Å². The number of carboxylic acid groups (broad SMARTS) is 2. The molecule has 1 amide bonds. The topological polar surface area (TPSA) is 109 Å². The van der Waals surface area contributed by atoms with Gasteiger partial charge < -0.3 is 25.1 Å². The van der Waals surface area contributed by atoms with Gasteiger partial charge in [-0.1, -0.05) is 96.8 Å². The molecule has 0 fully saturated rings. The molecule has 0 aliphatic rings. The first-order valence-corrected chi connectivity index (χ1v) is 11.7. The second-order valence-electron chi connectivity index (χ2n) is 8.05. The third kappa shape index (κ3) is 26.5. The average molecular weight is 458 g/mol. The molecule has 0 aromatic heterocycles. The predicted octanol–water partition coefficient (Wildman–Crippen LogP) is -2.98. The van der Waals surface area contributed by atoms with E-state index in [-0.39, 0.29) is 77.9 Å². The molecular formula is C23H41NNa2O5. The van der Waals surface area contributed by atoms with Gasteiger partial charge in [0, 0.05) is 12.4 Å². The van der Waals surface area contributed by atoms with Gasteiger partial charge >= 0.3 is 59.1 Å². The Morgan fingerprint density at radius 2 is 1.03 bits per heavy atom. The molecule has 1 atom stereocenters. The third-order valence-corrected chi connectivity index (χ3v) is 5.26. The van der Waals surface area contributed by atoms with Gasteiger partial charge in [0.1, 0.15) is 0 Å². The van der Waals surface area contributed by atoms with Gasteiger partial charge in [0.25, 0.3) is 0 Å². The predicted molar refractivity (Wildman–Crippen MR) is 111 cm³/mol. The van der Waals surface area contributed by atoms with Crippen LogP contribution in [0.4, 0.5) is 0 Å². The molecule has 0 aliphatic carbocycles. The van der Waals surface area contributed by atoms with Crippen LogP contribution in [0.5, 0.6) is 0 Å². The van der Waals surface area contributed by atoms with Crippen LogP contribution in [0.1, 0.15) is 122 Å². The van der Waals surface area contributed by atoms with E-state index in [4.69, 9.17) is 0 Å². The zero-order valence-corrected chi connectivity index (χ0v) is 24.3. The van der Waals surface area contributed by atoms with Crippen LogP contribution >= 0.6 is 0 Å². The van der Waals surface area contributed by atoms with Crippen LogP contribution in [0.3, 0.4) is 0 Å². The van der Waals surface area contributed by atoms with E-state index in [2.05, 4.69) is 12.2 Å². The van der Waals surface area contributed by atoms with E-state index in [0.29, 0.717) is 6.42 Å². The molecule has 0 saturated carbocycles. The van der Waals surface area contributed by atoms with Crippen LogP contribution in [-0.4, -0.2) is 23.9 Å². The summed E-state index contributed by atoms with van der Waals surface area (Å²) < 4.78 is 0. The van der Waals surface area contributed by atoms with Gasteiger partial charge in [-0.25, -0.2) is 0 Å². The van der Waals surface area contributed by atoms with Crippen molar-refractivity contribution in [1.29, 1.82) is 0 Å². The van der Waals surface area contributed by atoms with Crippen molar-refractivity contribution in [2.75, 3.05) is 0 Å². The number of nitrogens with one attached hydrogen (secondary N) is 1. The molecule has 0 saturated heterocycles. The minimum absolute atomic E-state index is 0. The van der Waals surface area contributed by atoms with Crippen LogP contribution in [0.2, 0.25) is 0 Å². The average Bonchev–Trinajstić information content (AvgIpc) is 2.67. The van der Waals surface area contributed by atoms with Crippen molar-refractivity contribution in [3.05, 3.63) is 0 Å². The van der Waals surface area contributed by atoms with Crippen molar-refractivity contribution >= 4 is 17.8 Å². The molecular weight excluding hydrogens is 416 g/mol. The Morgan fingerprint density at radius 3 is 1.39 bits per heavy atom. The number of unbranched alkanes of at least 4 members (excludes halogenated alkanes) is 14. The molecule has 8 heteroatoms. The van der Waals surface area contributed by atoms with E-state index in [1.807, 2.05) is 0 Å². The van der Waals surface area contributed by atoms with Crippen molar-refractivity contribution in [2.45, 2.75) is 129 Å². The summed E-state index contributed by atoms with van der Waals surface area (Å²) in [5.41, 5.74) is 0. The maximum absolute atomic E-state index is 11.8. The number of hydrogen-bond donors (Lipinski definition) is 1. The fourth-order valence-corrected chi connectivity index (χ4v) is 3.43. The largest absolute Gasteiger partial charge is 1.00 e. The Hall–Kier alpha value is 0.410. The number of carboxylic acids is 2. The maximum Gasteiger partial charge on any atom is 1.00 e. The molecule has 0 aromatic rings. The van der Waals surface area contributed by atoms with Gasteiger partial charge in [0.05, 0.1) is 12.0 Å². The van der Waals surface area contributed by atoms with Gasteiger partial charge in [-0.15, -0.1) is 0 Å². The summed E-state index contributed by atoms with van der Waals surface area (Å²) in [5.74, 6) is -3.17. The van der Waals surface area contributed by atoms with Crippen molar-refractivity contribution < 1.29 is 83.7 Å². The SMILES string of the molecule is CCCCCCCCCCCCCCCCCC(=O)NC(CCC(=O)[O-])C(=O)[O-].[Na+].[Na+]. The summed E-state index contributed by atoms with van der Waals surface area (Å²) in [7, 11) is 0. The van der Waals surface area contributed by atoms with Crippen LogP contribution < -0.4 is 74.6 Å². The van der Waals surface area contributed by atoms with Crippen molar-refractivity contribution in [3.8, 4) is 0 Å². The first kappa shape index (κ1) is 36.0. The van der Waals surface area contributed by atoms with Crippen LogP contribution in [0.15, 0.2) is 0 Å². The molecule has 0 rings (SSSR count). The number of carbonyl (C=O) groups excluding carboxylic acids is 3. The van der Waals surface area contributed by atoms with Crippen LogP contribution in [0, 0.1) is 0 Å². The quantitative estimate of drug-likeness (QED) is 0.146. The molecule has 0 bridgehead atoms. The monoisotopic (exact) mass is 457 g/mol. The molecule has 170 valence electrons. The molecule has 0 spiro atoms. The standard InChI is InChI=1S/C23H43NO5.2Na/c1-2-3-4-5-6-7-8-9-10-11-12-13-14-15-16-17-21(25)24-20(23(28)29)18-19-22(26)27;;/h20H,2-19H2,1H3,(H,24,25)(H,26,27)(H,28,29);;/q;2*+1/p-2. The van der Waals surface area contributed by atoms with E-state index in [1.165, 1.54) is 77.0 Å². The van der Waals surface area contributed by atoms with E-state index in [9.17, 15) is 24.6 Å². The molecule has 0 aliphatic heterocycles. The summed E-state index contributed by atoms with van der Waals surface area (Å²) in [4.78, 5) is 33.1. The van der Waals surface area contributed by atoms with Gasteiger partial charge in [-0.05, 0) is 19.3 Å². The molecule has 1 N–H and O–H groups in total. The minimum Gasteiger partial charge on any atom is -0.550 e. The summed E-state index contributed by atoms with van der Waals surface area (Å²) in [6.07, 6.45) is 18.3. The fourth-order valence-electron chi connectivity index (χ4n) is 3.43. The van der Waals surface area contributed by atoms with Gasteiger partial charge in [-0.3, -0.25) is 4.79 Å². The number of amides is 1. The van der Waals surface area contributed by atoms with Crippen molar-refractivity contribution in [2.24, 2.45) is 0 Å². The Labute approximate surface area is 233 Å². The van der Waals surface area contributed by atoms with Gasteiger partial charge in [0.2, 0.25) is 5.91 Å². The second-order valence-corrected chi connectivity index (χ2v) is 8.05. The van der Waals surface area contributed by atoms with E-state index in [0.717, 1.165) is 12.8 Å². The van der Waals surface area contributed by atoms with E-state index < -0.39 is 24.4 Å². The molecule has 0 heterocycles. The minimum atomic E-state index is -1.46. The smallest absolute Gasteiger partial charge is 0.550 e. The molecule has 0 aromatic carbocycles. The normalized spacial score (nSPS) is 11.1. The Kier molecular flexibility index (Phi) is 31.0. The van der Waals surface area contributed by atoms with Gasteiger partial charge in [-0.2, -0.15) is 0 Å². The first-order valence-electron chi connectivity index (χ1n) is 11.7. The zero-order chi connectivity index (χ0) is 21.7. The van der Waals surface area contributed by atoms with Crippen molar-refractivity contribution in [1.82, 2.24) is 5.32 Å². The number of rotatable bonds is 21. The Bertz CT molecular complexity index is 450. The van der Waals surface area contributed by atoms with Crippen molar-refractivity contribution in [3.63, 3.8) is 0 Å². The fraction of sp³-hybridized carbons (Fsp3) is 0.870. The van der Waals surface area contributed by atoms with Crippen LogP contribution in [0.25, 0.3) is 0 Å². The van der Waals surface area contributed by atoms with Gasteiger partial charge in [0.15, 0.2) is 0 Å². The number of carbonyl (C=O) groups is 3. The second kappa shape index (κ2) is 26.7. The first-order chi connectivity index (χ1) is 14.0. The van der Waals surface area contributed by atoms with Crippen LogP contribution in [-0.2, 0) is 14.4 Å².